The Morgan fingerprint density at radius 2 is 2.03 bits per heavy atom. The summed E-state index contributed by atoms with van der Waals surface area (Å²) in [5, 5.41) is 23.3. The molecule has 1 unspecified atom stereocenters. The van der Waals surface area contributed by atoms with Crippen LogP contribution in [0.1, 0.15) is 5.56 Å². The molecule has 0 spiro atoms. The molecule has 30 heavy (non-hydrogen) atoms. The molecule has 0 bridgehead atoms. The number of aromatic hydroxyl groups is 1. The van der Waals surface area contributed by atoms with Crippen LogP contribution in [-0.4, -0.2) is 65.0 Å². The van der Waals surface area contributed by atoms with Gasteiger partial charge in [0, 0.05) is 57.1 Å². The van der Waals surface area contributed by atoms with E-state index in [9.17, 15) is 19.6 Å². The van der Waals surface area contributed by atoms with Gasteiger partial charge < -0.3 is 20.2 Å². The molecule has 1 aromatic carbocycles. The third-order valence-corrected chi connectivity index (χ3v) is 5.91. The number of likely N-dealkylation sites (N-methyl/N-ethyl adjacent to an activating group) is 1. The predicted molar refractivity (Wildman–Crippen MR) is 109 cm³/mol. The Hall–Kier alpha value is -3.02. The maximum absolute atomic E-state index is 13.2. The van der Waals surface area contributed by atoms with Crippen molar-refractivity contribution in [2.45, 2.75) is 12.6 Å². The van der Waals surface area contributed by atoms with E-state index in [2.05, 4.69) is 16.3 Å². The second kappa shape index (κ2) is 8.01. The van der Waals surface area contributed by atoms with Gasteiger partial charge >= 0.3 is 0 Å². The maximum Gasteiger partial charge on any atom is 0.270 e. The topological polar surface area (TPSA) is 82.8 Å². The number of phenols is 1. The zero-order valence-electron chi connectivity index (χ0n) is 16.4. The van der Waals surface area contributed by atoms with Crippen molar-refractivity contribution in [1.29, 1.82) is 5.26 Å². The number of dihydropyridines is 1. The molecule has 1 fully saturated rings. The minimum absolute atomic E-state index is 0.0598. The molecule has 0 radical (unpaired) electrons. The SMILES string of the molecule is CN1C(=O)C(C#N)=C(N2CCN(Cc3ccc(F)cc3O)CC2)C2NC(Cl)=CC=C21. The zero-order chi connectivity index (χ0) is 21.4. The molecule has 1 amide bonds. The molecule has 9 heteroatoms. The number of fused-ring (bicyclic) bond motifs is 1. The molecule has 7 nitrogen and oxygen atoms in total. The van der Waals surface area contributed by atoms with Gasteiger partial charge in [-0.2, -0.15) is 5.26 Å². The van der Waals surface area contributed by atoms with Crippen molar-refractivity contribution in [3.05, 3.63) is 63.9 Å². The minimum Gasteiger partial charge on any atom is -0.508 e. The summed E-state index contributed by atoms with van der Waals surface area (Å²) < 4.78 is 13.2. The van der Waals surface area contributed by atoms with Gasteiger partial charge in [0.25, 0.3) is 5.91 Å². The molecular weight excluding hydrogens is 409 g/mol. The monoisotopic (exact) mass is 429 g/mol. The van der Waals surface area contributed by atoms with Crippen LogP contribution < -0.4 is 5.32 Å². The van der Waals surface area contributed by atoms with Gasteiger partial charge in [-0.1, -0.05) is 17.7 Å². The van der Waals surface area contributed by atoms with Crippen molar-refractivity contribution in [3.8, 4) is 11.8 Å². The highest BCUT2D eigenvalue weighted by Crippen LogP contribution is 2.33. The summed E-state index contributed by atoms with van der Waals surface area (Å²) in [6, 6.07) is 5.74. The van der Waals surface area contributed by atoms with Gasteiger partial charge in [0.05, 0.1) is 5.70 Å². The van der Waals surface area contributed by atoms with E-state index in [1.54, 1.807) is 25.3 Å². The van der Waals surface area contributed by atoms with Gasteiger partial charge in [0.15, 0.2) is 0 Å². The molecule has 156 valence electrons. The van der Waals surface area contributed by atoms with E-state index in [4.69, 9.17) is 11.6 Å². The Balaban J connectivity index is 1.53. The van der Waals surface area contributed by atoms with Crippen molar-refractivity contribution in [2.24, 2.45) is 0 Å². The number of hydrogen-bond acceptors (Lipinski definition) is 6. The summed E-state index contributed by atoms with van der Waals surface area (Å²) in [5.41, 5.74) is 2.16. The van der Waals surface area contributed by atoms with E-state index in [1.807, 2.05) is 4.90 Å². The maximum atomic E-state index is 13.2. The van der Waals surface area contributed by atoms with Crippen LogP contribution in [0.3, 0.4) is 0 Å². The normalized spacial score (nSPS) is 22.2. The third-order valence-electron chi connectivity index (χ3n) is 5.68. The van der Waals surface area contributed by atoms with E-state index in [0.717, 1.165) is 11.8 Å². The summed E-state index contributed by atoms with van der Waals surface area (Å²) >= 11 is 6.17. The fraction of sp³-hybridized carbons (Fsp3) is 0.333. The molecule has 2 N–H and O–H groups in total. The first kappa shape index (κ1) is 20.3. The fourth-order valence-electron chi connectivity index (χ4n) is 4.07. The molecule has 3 aliphatic heterocycles. The molecule has 1 aromatic rings. The van der Waals surface area contributed by atoms with Crippen LogP contribution in [0, 0.1) is 17.1 Å². The first-order chi connectivity index (χ1) is 14.4. The van der Waals surface area contributed by atoms with E-state index in [-0.39, 0.29) is 23.3 Å². The molecule has 3 heterocycles. The number of phenolic OH excluding ortho intramolecular Hbond substituents is 1. The third kappa shape index (κ3) is 3.62. The highest BCUT2D eigenvalue weighted by atomic mass is 35.5. The first-order valence-corrected chi connectivity index (χ1v) is 9.97. The number of halogens is 2. The van der Waals surface area contributed by atoms with Crippen molar-refractivity contribution < 1.29 is 14.3 Å². The summed E-state index contributed by atoms with van der Waals surface area (Å²) in [6.45, 7) is 3.03. The molecule has 0 saturated carbocycles. The Morgan fingerprint density at radius 1 is 1.30 bits per heavy atom. The zero-order valence-corrected chi connectivity index (χ0v) is 17.2. The average Bonchev–Trinajstić information content (AvgIpc) is 2.73. The fourth-order valence-corrected chi connectivity index (χ4v) is 4.24. The van der Waals surface area contributed by atoms with E-state index in [1.165, 1.54) is 11.0 Å². The largest absolute Gasteiger partial charge is 0.508 e. The Morgan fingerprint density at radius 3 is 2.70 bits per heavy atom. The lowest BCUT2D eigenvalue weighted by Gasteiger charge is -2.44. The van der Waals surface area contributed by atoms with E-state index < -0.39 is 5.82 Å². The molecule has 0 aromatic heterocycles. The molecule has 3 aliphatic rings. The number of piperazine rings is 1. The average molecular weight is 430 g/mol. The lowest BCUT2D eigenvalue weighted by molar-refractivity contribution is -0.124. The molecule has 1 saturated heterocycles. The predicted octanol–water partition coefficient (Wildman–Crippen LogP) is 1.83. The number of nitrogens with one attached hydrogen (secondary N) is 1. The van der Waals surface area contributed by atoms with E-state index in [0.29, 0.717) is 49.1 Å². The van der Waals surface area contributed by atoms with Crippen LogP contribution in [0.25, 0.3) is 0 Å². The highest BCUT2D eigenvalue weighted by molar-refractivity contribution is 6.29. The Kier molecular flexibility index (Phi) is 5.41. The molecule has 4 rings (SSSR count). The minimum atomic E-state index is -0.472. The molecular formula is C21H21ClFN5O2. The molecule has 1 atom stereocenters. The van der Waals surface area contributed by atoms with Crippen LogP contribution in [0.15, 0.2) is 52.5 Å². The number of allylic oxidation sites excluding steroid dienone is 2. The second-order valence-electron chi connectivity index (χ2n) is 7.46. The molecule has 0 aliphatic carbocycles. The lowest BCUT2D eigenvalue weighted by Crippen LogP contribution is -2.54. The number of carbonyl (C=O) groups is 1. The lowest BCUT2D eigenvalue weighted by atomic mass is 9.95. The summed E-state index contributed by atoms with van der Waals surface area (Å²) in [6.07, 6.45) is 3.49. The van der Waals surface area contributed by atoms with Gasteiger partial charge in [-0.05, 0) is 18.2 Å². The van der Waals surface area contributed by atoms with Gasteiger partial charge in [-0.3, -0.25) is 9.69 Å². The summed E-state index contributed by atoms with van der Waals surface area (Å²) in [7, 11) is 1.65. The number of rotatable bonds is 3. The van der Waals surface area contributed by atoms with Crippen LogP contribution in [0.4, 0.5) is 4.39 Å². The number of amides is 1. The van der Waals surface area contributed by atoms with Crippen LogP contribution in [-0.2, 0) is 11.3 Å². The first-order valence-electron chi connectivity index (χ1n) is 9.60. The van der Waals surface area contributed by atoms with Crippen molar-refractivity contribution in [3.63, 3.8) is 0 Å². The number of hydrogen-bond donors (Lipinski definition) is 2. The standard InChI is InChI=1S/C21H21ClFN5O2/c1-26-16-4-5-18(22)25-19(16)20(15(11-24)21(26)30)28-8-6-27(7-9-28)12-13-2-3-14(23)10-17(13)29/h2-5,10,19,25,29H,6-9,12H2,1H3. The van der Waals surface area contributed by atoms with Crippen LogP contribution >= 0.6 is 11.6 Å². The van der Waals surface area contributed by atoms with E-state index >= 15 is 0 Å². The van der Waals surface area contributed by atoms with Gasteiger partial charge in [-0.15, -0.1) is 0 Å². The van der Waals surface area contributed by atoms with Crippen molar-refractivity contribution in [2.75, 3.05) is 33.2 Å². The number of nitriles is 1. The van der Waals surface area contributed by atoms with Gasteiger partial charge in [-0.25, -0.2) is 4.39 Å². The summed E-state index contributed by atoms with van der Waals surface area (Å²) in [5.74, 6) is -0.863. The summed E-state index contributed by atoms with van der Waals surface area (Å²) in [4.78, 5) is 18.4. The van der Waals surface area contributed by atoms with Crippen LogP contribution in [0.5, 0.6) is 5.75 Å². The number of carbonyl (C=O) groups excluding carboxylic acids is 1. The van der Waals surface area contributed by atoms with Gasteiger partial charge in [0.1, 0.15) is 34.4 Å². The highest BCUT2D eigenvalue weighted by Gasteiger charge is 2.40. The van der Waals surface area contributed by atoms with Crippen molar-refractivity contribution >= 4 is 17.5 Å². The van der Waals surface area contributed by atoms with Crippen molar-refractivity contribution in [1.82, 2.24) is 20.0 Å². The quantitative estimate of drug-likeness (QED) is 0.713. The Bertz CT molecular complexity index is 1020. The second-order valence-corrected chi connectivity index (χ2v) is 7.86. The number of benzene rings is 1. The Labute approximate surface area is 178 Å². The van der Waals surface area contributed by atoms with Gasteiger partial charge in [0.2, 0.25) is 0 Å². The van der Waals surface area contributed by atoms with Crippen LogP contribution in [0.2, 0.25) is 0 Å². The smallest absolute Gasteiger partial charge is 0.270 e. The number of nitrogens with zero attached hydrogens (tertiary/aromatic N) is 4.